The second kappa shape index (κ2) is 7.54. The summed E-state index contributed by atoms with van der Waals surface area (Å²) in [6, 6.07) is 9.83. The van der Waals surface area contributed by atoms with Crippen molar-refractivity contribution in [3.05, 3.63) is 47.8 Å². The van der Waals surface area contributed by atoms with E-state index in [-0.39, 0.29) is 0 Å². The van der Waals surface area contributed by atoms with Crippen molar-refractivity contribution >= 4 is 23.3 Å². The Kier molecular flexibility index (Phi) is 5.45. The summed E-state index contributed by atoms with van der Waals surface area (Å²) in [5.74, 6) is 1.37. The lowest BCUT2D eigenvalue weighted by atomic mass is 10.1. The van der Waals surface area contributed by atoms with Gasteiger partial charge in [-0.2, -0.15) is 0 Å². The van der Waals surface area contributed by atoms with Crippen LogP contribution in [0.3, 0.4) is 0 Å². The third-order valence-electron chi connectivity index (χ3n) is 2.88. The molecule has 5 nitrogen and oxygen atoms in total. The van der Waals surface area contributed by atoms with Crippen molar-refractivity contribution in [2.75, 3.05) is 19.0 Å². The number of thiocarbonyl (C=S) groups is 1. The van der Waals surface area contributed by atoms with Crippen LogP contribution in [-0.2, 0) is 6.42 Å². The second-order valence-electron chi connectivity index (χ2n) is 4.50. The molecule has 2 N–H and O–H groups in total. The first-order valence-corrected chi connectivity index (χ1v) is 7.05. The number of methoxy groups -OCH3 is 1. The molecule has 2 rings (SSSR count). The zero-order valence-corrected chi connectivity index (χ0v) is 12.9. The molecule has 0 unspecified atom stereocenters. The third-order valence-corrected chi connectivity index (χ3v) is 3.12. The Morgan fingerprint density at radius 1 is 1.24 bits per heavy atom. The lowest BCUT2D eigenvalue weighted by Crippen LogP contribution is -2.30. The Morgan fingerprint density at radius 2 is 2.00 bits per heavy atom. The summed E-state index contributed by atoms with van der Waals surface area (Å²) in [5.41, 5.74) is 2.12. The Labute approximate surface area is 129 Å². The van der Waals surface area contributed by atoms with E-state index in [1.54, 1.807) is 13.3 Å². The standard InChI is InChI=1S/C15H18N4OS/c1-11-7-9-16-14(18-11)19-15(21)17-10-8-12-3-5-13(20-2)6-4-12/h3-7,9H,8,10H2,1-2H3,(H2,16,17,18,19,21). The first kappa shape index (κ1) is 15.2. The second-order valence-corrected chi connectivity index (χ2v) is 4.91. The van der Waals surface area contributed by atoms with Crippen LogP contribution in [0.25, 0.3) is 0 Å². The van der Waals surface area contributed by atoms with Crippen molar-refractivity contribution in [1.82, 2.24) is 15.3 Å². The van der Waals surface area contributed by atoms with E-state index in [9.17, 15) is 0 Å². The Balaban J connectivity index is 1.76. The minimum absolute atomic E-state index is 0.511. The third kappa shape index (κ3) is 5.00. The van der Waals surface area contributed by atoms with Crippen LogP contribution in [-0.4, -0.2) is 28.7 Å². The molecule has 0 fully saturated rings. The molecule has 1 heterocycles. The lowest BCUT2D eigenvalue weighted by molar-refractivity contribution is 0.414. The Morgan fingerprint density at radius 3 is 2.67 bits per heavy atom. The van der Waals surface area contributed by atoms with Gasteiger partial charge in [0, 0.05) is 18.4 Å². The van der Waals surface area contributed by atoms with E-state index in [4.69, 9.17) is 17.0 Å². The number of nitrogens with zero attached hydrogens (tertiary/aromatic N) is 2. The topological polar surface area (TPSA) is 59.1 Å². The molecule has 21 heavy (non-hydrogen) atoms. The number of hydrogen-bond donors (Lipinski definition) is 2. The van der Waals surface area contributed by atoms with Gasteiger partial charge < -0.3 is 15.4 Å². The van der Waals surface area contributed by atoms with Crippen LogP contribution in [0.15, 0.2) is 36.5 Å². The lowest BCUT2D eigenvalue weighted by Gasteiger charge is -2.09. The van der Waals surface area contributed by atoms with E-state index in [2.05, 4.69) is 20.6 Å². The van der Waals surface area contributed by atoms with E-state index >= 15 is 0 Å². The van der Waals surface area contributed by atoms with Gasteiger partial charge in [0.25, 0.3) is 0 Å². The summed E-state index contributed by atoms with van der Waals surface area (Å²) < 4.78 is 5.13. The van der Waals surface area contributed by atoms with Crippen LogP contribution in [0, 0.1) is 6.92 Å². The molecule has 1 aromatic carbocycles. The summed E-state index contributed by atoms with van der Waals surface area (Å²) in [6.45, 7) is 2.65. The maximum atomic E-state index is 5.21. The van der Waals surface area contributed by atoms with Crippen LogP contribution in [0.4, 0.5) is 5.95 Å². The van der Waals surface area contributed by atoms with Crippen molar-refractivity contribution in [2.24, 2.45) is 0 Å². The maximum Gasteiger partial charge on any atom is 0.229 e. The molecule has 0 aliphatic heterocycles. The normalized spacial score (nSPS) is 10.0. The number of anilines is 1. The highest BCUT2D eigenvalue weighted by molar-refractivity contribution is 7.80. The van der Waals surface area contributed by atoms with E-state index < -0.39 is 0 Å². The number of aryl methyl sites for hydroxylation is 1. The fourth-order valence-corrected chi connectivity index (χ4v) is 1.96. The molecule has 0 spiro atoms. The van der Waals surface area contributed by atoms with Gasteiger partial charge in [-0.15, -0.1) is 0 Å². The van der Waals surface area contributed by atoms with Gasteiger partial charge in [-0.25, -0.2) is 9.97 Å². The number of benzene rings is 1. The van der Waals surface area contributed by atoms with Crippen LogP contribution < -0.4 is 15.4 Å². The number of nitrogens with one attached hydrogen (secondary N) is 2. The molecule has 0 amide bonds. The first-order chi connectivity index (χ1) is 10.2. The monoisotopic (exact) mass is 302 g/mol. The van der Waals surface area contributed by atoms with Gasteiger partial charge in [0.2, 0.25) is 5.95 Å². The summed E-state index contributed by atoms with van der Waals surface area (Å²) in [7, 11) is 1.66. The average Bonchev–Trinajstić information content (AvgIpc) is 2.48. The number of rotatable bonds is 5. The van der Waals surface area contributed by atoms with Crippen molar-refractivity contribution in [3.8, 4) is 5.75 Å². The van der Waals surface area contributed by atoms with Crippen molar-refractivity contribution in [3.63, 3.8) is 0 Å². The minimum Gasteiger partial charge on any atom is -0.497 e. The summed E-state index contributed by atoms with van der Waals surface area (Å²) in [5, 5.41) is 6.62. The fourth-order valence-electron chi connectivity index (χ4n) is 1.77. The molecular formula is C15H18N4OS. The quantitative estimate of drug-likeness (QED) is 0.827. The van der Waals surface area contributed by atoms with Crippen molar-refractivity contribution < 1.29 is 4.74 Å². The maximum absolute atomic E-state index is 5.21. The SMILES string of the molecule is COc1ccc(CCNC(=S)Nc2nccc(C)n2)cc1. The van der Waals surface area contributed by atoms with Gasteiger partial charge in [0.05, 0.1) is 7.11 Å². The Hall–Kier alpha value is -2.21. The van der Waals surface area contributed by atoms with Crippen LogP contribution in [0.5, 0.6) is 5.75 Å². The first-order valence-electron chi connectivity index (χ1n) is 6.65. The minimum atomic E-state index is 0.511. The van der Waals surface area contributed by atoms with E-state index in [1.807, 2.05) is 37.3 Å². The Bertz CT molecular complexity index is 601. The molecule has 0 bridgehead atoms. The van der Waals surface area contributed by atoms with Gasteiger partial charge in [-0.3, -0.25) is 0 Å². The predicted octanol–water partition coefficient (Wildman–Crippen LogP) is 2.32. The van der Waals surface area contributed by atoms with Crippen LogP contribution in [0.2, 0.25) is 0 Å². The molecule has 0 aliphatic rings. The van der Waals surface area contributed by atoms with Gasteiger partial charge in [0.15, 0.2) is 5.11 Å². The molecule has 110 valence electrons. The molecule has 6 heteroatoms. The highest BCUT2D eigenvalue weighted by atomic mass is 32.1. The zero-order valence-electron chi connectivity index (χ0n) is 12.1. The molecule has 1 aromatic heterocycles. The summed E-state index contributed by atoms with van der Waals surface area (Å²) in [4.78, 5) is 8.34. The number of hydrogen-bond acceptors (Lipinski definition) is 4. The molecule has 0 saturated carbocycles. The predicted molar refractivity (Wildman–Crippen MR) is 87.7 cm³/mol. The zero-order chi connectivity index (χ0) is 15.1. The summed E-state index contributed by atoms with van der Waals surface area (Å²) >= 11 is 5.21. The molecule has 0 aliphatic carbocycles. The van der Waals surface area contributed by atoms with Crippen LogP contribution >= 0.6 is 12.2 Å². The largest absolute Gasteiger partial charge is 0.497 e. The van der Waals surface area contributed by atoms with Gasteiger partial charge in [-0.05, 0) is 49.3 Å². The van der Waals surface area contributed by atoms with E-state index in [0.29, 0.717) is 11.1 Å². The smallest absolute Gasteiger partial charge is 0.229 e. The number of aromatic nitrogens is 2. The van der Waals surface area contributed by atoms with E-state index in [1.165, 1.54) is 5.56 Å². The highest BCUT2D eigenvalue weighted by Gasteiger charge is 2.00. The van der Waals surface area contributed by atoms with E-state index in [0.717, 1.165) is 24.4 Å². The van der Waals surface area contributed by atoms with Crippen LogP contribution in [0.1, 0.15) is 11.3 Å². The molecule has 2 aromatic rings. The van der Waals surface area contributed by atoms with Crippen molar-refractivity contribution in [1.29, 1.82) is 0 Å². The van der Waals surface area contributed by atoms with Gasteiger partial charge in [-0.1, -0.05) is 12.1 Å². The molecule has 0 radical (unpaired) electrons. The van der Waals surface area contributed by atoms with Gasteiger partial charge >= 0.3 is 0 Å². The average molecular weight is 302 g/mol. The summed E-state index contributed by atoms with van der Waals surface area (Å²) in [6.07, 6.45) is 2.57. The molecule has 0 atom stereocenters. The molecule has 0 saturated heterocycles. The molecular weight excluding hydrogens is 284 g/mol. The number of ether oxygens (including phenoxy) is 1. The highest BCUT2D eigenvalue weighted by Crippen LogP contribution is 2.11. The van der Waals surface area contributed by atoms with Gasteiger partial charge in [0.1, 0.15) is 5.75 Å². The van der Waals surface area contributed by atoms with Crippen molar-refractivity contribution in [2.45, 2.75) is 13.3 Å². The fraction of sp³-hybridized carbons (Fsp3) is 0.267.